The summed E-state index contributed by atoms with van der Waals surface area (Å²) in [6.07, 6.45) is 0. The maximum Gasteiger partial charge on any atom is 0.274 e. The number of nitrogens with zero attached hydrogens (tertiary/aromatic N) is 1. The van der Waals surface area contributed by atoms with Gasteiger partial charge in [0, 0.05) is 23.9 Å². The van der Waals surface area contributed by atoms with Gasteiger partial charge in [-0.15, -0.1) is 0 Å². The molecule has 0 fully saturated rings. The van der Waals surface area contributed by atoms with Crippen LogP contribution in [-0.4, -0.2) is 30.9 Å². The number of hydrogen-bond donors (Lipinski definition) is 2. The number of ether oxygens (including phenoxy) is 2. The van der Waals surface area contributed by atoms with E-state index in [0.29, 0.717) is 28.3 Å². The van der Waals surface area contributed by atoms with E-state index >= 15 is 0 Å². The molecule has 0 unspecified atom stereocenters. The van der Waals surface area contributed by atoms with Crippen molar-refractivity contribution in [2.75, 3.05) is 18.7 Å². The Morgan fingerprint density at radius 2 is 1.70 bits per heavy atom. The lowest BCUT2D eigenvalue weighted by molar-refractivity contribution is 0.0706. The Hall–Kier alpha value is -3.06. The lowest BCUT2D eigenvalue weighted by Crippen LogP contribution is -2.26. The number of amides is 2. The van der Waals surface area contributed by atoms with Gasteiger partial charge in [-0.05, 0) is 42.5 Å². The fraction of sp³-hybridized carbons (Fsp3) is 0.125. The summed E-state index contributed by atoms with van der Waals surface area (Å²) < 4.78 is 10.5. The first-order valence-electron chi connectivity index (χ1n) is 6.82. The monoisotopic (exact) mass is 314 g/mol. The van der Waals surface area contributed by atoms with Gasteiger partial charge in [-0.3, -0.25) is 14.8 Å². The molecule has 23 heavy (non-hydrogen) atoms. The number of hydroxylamine groups is 1. The average molecular weight is 314 g/mol. The molecule has 3 rings (SSSR count). The molecule has 1 aliphatic rings. The average Bonchev–Trinajstić information content (AvgIpc) is 3.07. The number of rotatable bonds is 3. The number of carbonyl (C=O) groups is 2. The van der Waals surface area contributed by atoms with Crippen LogP contribution >= 0.6 is 0 Å². The molecule has 7 nitrogen and oxygen atoms in total. The minimum Gasteiger partial charge on any atom is -0.454 e. The number of hydrogen-bond acceptors (Lipinski definition) is 5. The first-order valence-corrected chi connectivity index (χ1v) is 6.82. The minimum atomic E-state index is -0.610. The van der Waals surface area contributed by atoms with Crippen molar-refractivity contribution >= 4 is 17.5 Å². The zero-order valence-corrected chi connectivity index (χ0v) is 12.3. The molecular formula is C16H14N2O5. The lowest BCUT2D eigenvalue weighted by atomic mass is 10.1. The highest BCUT2D eigenvalue weighted by molar-refractivity contribution is 6.06. The zero-order chi connectivity index (χ0) is 16.4. The highest BCUT2D eigenvalue weighted by Crippen LogP contribution is 2.33. The summed E-state index contributed by atoms with van der Waals surface area (Å²) in [6.45, 7) is 0.150. The van der Waals surface area contributed by atoms with E-state index in [9.17, 15) is 9.59 Å². The number of carbonyl (C=O) groups excluding carboxylic acids is 2. The summed E-state index contributed by atoms with van der Waals surface area (Å²) in [5, 5.41) is 8.59. The number of nitrogens with one attached hydrogen (secondary N) is 1. The van der Waals surface area contributed by atoms with Crippen molar-refractivity contribution < 1.29 is 24.3 Å². The highest BCUT2D eigenvalue weighted by Gasteiger charge is 2.19. The first-order chi connectivity index (χ1) is 11.1. The van der Waals surface area contributed by atoms with Crippen LogP contribution in [0.5, 0.6) is 11.5 Å². The smallest absolute Gasteiger partial charge is 0.274 e. The van der Waals surface area contributed by atoms with E-state index in [0.717, 1.165) is 0 Å². The zero-order valence-electron chi connectivity index (χ0n) is 12.3. The Kier molecular flexibility index (Phi) is 3.86. The van der Waals surface area contributed by atoms with Crippen LogP contribution < -0.4 is 19.9 Å². The standard InChI is InChI=1S/C16H14N2O5/c1-18(12-5-2-10(3-6-12)15(19)17-21)16(20)11-4-7-13-14(8-11)23-9-22-13/h2-8,21H,9H2,1H3,(H,17,19). The molecule has 118 valence electrons. The first kappa shape index (κ1) is 14.9. The molecule has 1 heterocycles. The molecule has 0 aliphatic carbocycles. The maximum atomic E-state index is 12.5. The molecule has 0 saturated carbocycles. The third kappa shape index (κ3) is 2.82. The third-order valence-electron chi connectivity index (χ3n) is 3.54. The van der Waals surface area contributed by atoms with Gasteiger partial charge in [-0.2, -0.15) is 0 Å². The molecule has 0 spiro atoms. The van der Waals surface area contributed by atoms with Crippen molar-refractivity contribution in [2.45, 2.75) is 0 Å². The van der Waals surface area contributed by atoms with Crippen LogP contribution in [0.3, 0.4) is 0 Å². The van der Waals surface area contributed by atoms with Crippen molar-refractivity contribution in [1.82, 2.24) is 5.48 Å². The van der Waals surface area contributed by atoms with Crippen LogP contribution in [0.15, 0.2) is 42.5 Å². The van der Waals surface area contributed by atoms with Crippen molar-refractivity contribution in [2.24, 2.45) is 0 Å². The van der Waals surface area contributed by atoms with Gasteiger partial charge in [-0.25, -0.2) is 5.48 Å². The van der Waals surface area contributed by atoms with Gasteiger partial charge in [0.1, 0.15) is 0 Å². The van der Waals surface area contributed by atoms with Crippen molar-refractivity contribution in [3.8, 4) is 11.5 Å². The Morgan fingerprint density at radius 1 is 1.04 bits per heavy atom. The van der Waals surface area contributed by atoms with Crippen LogP contribution in [-0.2, 0) is 0 Å². The van der Waals surface area contributed by atoms with Gasteiger partial charge in [0.2, 0.25) is 6.79 Å². The van der Waals surface area contributed by atoms with Gasteiger partial charge in [0.25, 0.3) is 11.8 Å². The fourth-order valence-corrected chi connectivity index (χ4v) is 2.24. The largest absolute Gasteiger partial charge is 0.454 e. The molecule has 2 aromatic rings. The molecule has 7 heteroatoms. The van der Waals surface area contributed by atoms with Crippen LogP contribution in [0, 0.1) is 0 Å². The van der Waals surface area contributed by atoms with E-state index < -0.39 is 5.91 Å². The van der Waals surface area contributed by atoms with E-state index in [1.54, 1.807) is 42.9 Å². The number of anilines is 1. The van der Waals surface area contributed by atoms with E-state index in [2.05, 4.69) is 0 Å². The molecule has 0 atom stereocenters. The van der Waals surface area contributed by atoms with Gasteiger partial charge < -0.3 is 14.4 Å². The molecule has 0 aromatic heterocycles. The summed E-state index contributed by atoms with van der Waals surface area (Å²) in [5.74, 6) is 0.326. The topological polar surface area (TPSA) is 88.1 Å². The van der Waals surface area contributed by atoms with E-state index in [1.807, 2.05) is 0 Å². The predicted octanol–water partition coefficient (Wildman–Crippen LogP) is 1.81. The maximum absolute atomic E-state index is 12.5. The SMILES string of the molecule is CN(C(=O)c1ccc2c(c1)OCO2)c1ccc(C(=O)NO)cc1. The number of benzene rings is 2. The van der Waals surface area contributed by atoms with Gasteiger partial charge in [0.05, 0.1) is 0 Å². The molecule has 1 aliphatic heterocycles. The van der Waals surface area contributed by atoms with Gasteiger partial charge >= 0.3 is 0 Å². The number of fused-ring (bicyclic) bond motifs is 1. The fourth-order valence-electron chi connectivity index (χ4n) is 2.24. The summed E-state index contributed by atoms with van der Waals surface area (Å²) in [7, 11) is 1.63. The van der Waals surface area contributed by atoms with Crippen LogP contribution in [0.25, 0.3) is 0 Å². The van der Waals surface area contributed by atoms with E-state index in [4.69, 9.17) is 14.7 Å². The van der Waals surface area contributed by atoms with Gasteiger partial charge in [-0.1, -0.05) is 0 Å². The molecule has 0 radical (unpaired) electrons. The second-order valence-electron chi connectivity index (χ2n) is 4.92. The van der Waals surface area contributed by atoms with Crippen LogP contribution in [0.4, 0.5) is 5.69 Å². The van der Waals surface area contributed by atoms with Gasteiger partial charge in [0.15, 0.2) is 11.5 Å². The molecule has 0 saturated heterocycles. The quantitative estimate of drug-likeness (QED) is 0.666. The summed E-state index contributed by atoms with van der Waals surface area (Å²) in [5.41, 5.74) is 2.93. The molecule has 2 N–H and O–H groups in total. The second kappa shape index (κ2) is 5.98. The van der Waals surface area contributed by atoms with Crippen molar-refractivity contribution in [3.63, 3.8) is 0 Å². The molecule has 0 bridgehead atoms. The summed E-state index contributed by atoms with van der Waals surface area (Å²) >= 11 is 0. The van der Waals surface area contributed by atoms with Crippen molar-refractivity contribution in [1.29, 1.82) is 0 Å². The third-order valence-corrected chi connectivity index (χ3v) is 3.54. The molecule has 2 aromatic carbocycles. The predicted molar refractivity (Wildman–Crippen MR) is 81.0 cm³/mol. The van der Waals surface area contributed by atoms with E-state index in [-0.39, 0.29) is 12.7 Å². The van der Waals surface area contributed by atoms with E-state index in [1.165, 1.54) is 17.0 Å². The molecule has 2 amide bonds. The Morgan fingerprint density at radius 3 is 2.39 bits per heavy atom. The Bertz CT molecular complexity index is 758. The summed E-state index contributed by atoms with van der Waals surface area (Å²) in [6, 6.07) is 11.3. The normalized spacial score (nSPS) is 11.9. The van der Waals surface area contributed by atoms with Crippen LogP contribution in [0.1, 0.15) is 20.7 Å². The Labute approximate surface area is 132 Å². The second-order valence-corrected chi connectivity index (χ2v) is 4.92. The summed E-state index contributed by atoms with van der Waals surface area (Å²) in [4.78, 5) is 25.3. The highest BCUT2D eigenvalue weighted by atomic mass is 16.7. The van der Waals surface area contributed by atoms with Crippen molar-refractivity contribution in [3.05, 3.63) is 53.6 Å². The molecular weight excluding hydrogens is 300 g/mol. The Balaban J connectivity index is 1.80. The van der Waals surface area contributed by atoms with Crippen LogP contribution in [0.2, 0.25) is 0 Å². The lowest BCUT2D eigenvalue weighted by Gasteiger charge is -2.18. The minimum absolute atomic E-state index is 0.150.